The lowest BCUT2D eigenvalue weighted by Crippen LogP contribution is -2.13. The van der Waals surface area contributed by atoms with Gasteiger partial charge in [-0.15, -0.1) is 0 Å². The third-order valence-electron chi connectivity index (χ3n) is 3.79. The smallest absolute Gasteiger partial charge is 0.433 e. The number of benzene rings is 2. The molecule has 3 rings (SSSR count). The predicted molar refractivity (Wildman–Crippen MR) is 99.2 cm³/mol. The van der Waals surface area contributed by atoms with Crippen molar-refractivity contribution in [2.75, 3.05) is 12.4 Å². The Kier molecular flexibility index (Phi) is 5.67. The molecule has 1 amide bonds. The second kappa shape index (κ2) is 8.17. The lowest BCUT2D eigenvalue weighted by molar-refractivity contribution is -0.141. The van der Waals surface area contributed by atoms with Crippen LogP contribution in [-0.2, 0) is 6.18 Å². The van der Waals surface area contributed by atoms with E-state index in [0.717, 1.165) is 6.07 Å². The van der Waals surface area contributed by atoms with Crippen LogP contribution in [-0.4, -0.2) is 23.0 Å². The number of anilines is 1. The molecule has 0 saturated carbocycles. The Morgan fingerprint density at radius 1 is 1.03 bits per heavy atom. The average molecular weight is 403 g/mol. The van der Waals surface area contributed by atoms with Crippen LogP contribution in [0.25, 0.3) is 0 Å². The Labute approximate surface area is 164 Å². The SMILES string of the molecule is COc1ccccc1C(=O)Nc1ccc(Oc2cc(C(F)(F)F)nc(C)n2)cc1. The first kappa shape index (κ1) is 20.1. The number of nitrogens with zero attached hydrogens (tertiary/aromatic N) is 2. The highest BCUT2D eigenvalue weighted by Gasteiger charge is 2.33. The number of methoxy groups -OCH3 is 1. The molecule has 0 aliphatic heterocycles. The van der Waals surface area contributed by atoms with Gasteiger partial charge in [-0.25, -0.2) is 4.98 Å². The molecule has 3 aromatic rings. The molecule has 150 valence electrons. The number of halogens is 3. The number of aryl methyl sites for hydroxylation is 1. The molecule has 0 atom stereocenters. The molecule has 0 aliphatic rings. The maximum Gasteiger partial charge on any atom is 0.433 e. The number of hydrogen-bond donors (Lipinski definition) is 1. The number of para-hydroxylation sites is 1. The normalized spacial score (nSPS) is 11.1. The lowest BCUT2D eigenvalue weighted by atomic mass is 10.2. The van der Waals surface area contributed by atoms with Crippen LogP contribution in [0.2, 0.25) is 0 Å². The standard InChI is InChI=1S/C20H16F3N3O3/c1-12-24-17(20(21,22)23)11-18(25-12)29-14-9-7-13(8-10-14)26-19(27)15-5-3-4-6-16(15)28-2/h3-11H,1-2H3,(H,26,27). The van der Waals surface area contributed by atoms with Gasteiger partial charge in [-0.05, 0) is 43.3 Å². The topological polar surface area (TPSA) is 73.3 Å². The lowest BCUT2D eigenvalue weighted by Gasteiger charge is -2.11. The van der Waals surface area contributed by atoms with Crippen molar-refractivity contribution in [3.05, 3.63) is 71.7 Å². The Morgan fingerprint density at radius 3 is 2.38 bits per heavy atom. The van der Waals surface area contributed by atoms with Gasteiger partial charge in [0, 0.05) is 11.8 Å². The molecule has 29 heavy (non-hydrogen) atoms. The summed E-state index contributed by atoms with van der Waals surface area (Å²) in [5.74, 6) is 0.0413. The molecule has 0 aliphatic carbocycles. The zero-order valence-electron chi connectivity index (χ0n) is 15.4. The van der Waals surface area contributed by atoms with Gasteiger partial charge >= 0.3 is 6.18 Å². The summed E-state index contributed by atoms with van der Waals surface area (Å²) in [7, 11) is 1.47. The van der Waals surface area contributed by atoms with Gasteiger partial charge in [-0.2, -0.15) is 18.2 Å². The van der Waals surface area contributed by atoms with Gasteiger partial charge in [0.05, 0.1) is 12.7 Å². The predicted octanol–water partition coefficient (Wildman–Crippen LogP) is 4.86. The first-order chi connectivity index (χ1) is 13.8. The maximum absolute atomic E-state index is 12.9. The summed E-state index contributed by atoms with van der Waals surface area (Å²) < 4.78 is 49.1. The van der Waals surface area contributed by atoms with E-state index < -0.39 is 11.9 Å². The maximum atomic E-state index is 12.9. The summed E-state index contributed by atoms with van der Waals surface area (Å²) in [5, 5.41) is 2.71. The van der Waals surface area contributed by atoms with Gasteiger partial charge in [0.1, 0.15) is 17.3 Å². The zero-order valence-corrected chi connectivity index (χ0v) is 15.4. The van der Waals surface area contributed by atoms with Crippen LogP contribution in [0.1, 0.15) is 21.9 Å². The molecule has 1 aromatic heterocycles. The number of rotatable bonds is 5. The number of nitrogens with one attached hydrogen (secondary N) is 1. The molecule has 0 saturated heterocycles. The number of amides is 1. The van der Waals surface area contributed by atoms with Crippen LogP contribution >= 0.6 is 0 Å². The summed E-state index contributed by atoms with van der Waals surface area (Å²) in [6, 6.07) is 13.6. The fourth-order valence-electron chi connectivity index (χ4n) is 2.50. The number of carbonyl (C=O) groups is 1. The highest BCUT2D eigenvalue weighted by molar-refractivity contribution is 6.06. The second-order valence-electron chi connectivity index (χ2n) is 5.92. The molecule has 1 N–H and O–H groups in total. The van der Waals surface area contributed by atoms with Crippen molar-refractivity contribution in [1.29, 1.82) is 0 Å². The van der Waals surface area contributed by atoms with E-state index in [4.69, 9.17) is 9.47 Å². The van der Waals surface area contributed by atoms with Crippen molar-refractivity contribution in [2.24, 2.45) is 0 Å². The molecule has 0 radical (unpaired) electrons. The van der Waals surface area contributed by atoms with Gasteiger partial charge in [0.2, 0.25) is 5.88 Å². The Hall–Kier alpha value is -3.62. The first-order valence-corrected chi connectivity index (χ1v) is 8.41. The van der Waals surface area contributed by atoms with Crippen LogP contribution in [0.15, 0.2) is 54.6 Å². The number of carbonyl (C=O) groups excluding carboxylic acids is 1. The summed E-state index contributed by atoms with van der Waals surface area (Å²) in [4.78, 5) is 19.6. The van der Waals surface area contributed by atoms with Crippen molar-refractivity contribution >= 4 is 11.6 Å². The van der Waals surface area contributed by atoms with E-state index in [1.165, 1.54) is 26.2 Å². The van der Waals surface area contributed by atoms with Crippen molar-refractivity contribution in [3.63, 3.8) is 0 Å². The van der Waals surface area contributed by atoms with E-state index in [2.05, 4.69) is 15.3 Å². The van der Waals surface area contributed by atoms with Crippen LogP contribution in [0.4, 0.5) is 18.9 Å². The summed E-state index contributed by atoms with van der Waals surface area (Å²) in [5.41, 5.74) is -0.240. The van der Waals surface area contributed by atoms with Gasteiger partial charge < -0.3 is 14.8 Å². The zero-order chi connectivity index (χ0) is 21.0. The number of aromatic nitrogens is 2. The van der Waals surface area contributed by atoms with E-state index in [1.807, 2.05) is 0 Å². The molecule has 0 bridgehead atoms. The Morgan fingerprint density at radius 2 is 1.72 bits per heavy atom. The molecule has 0 fully saturated rings. The molecule has 1 heterocycles. The molecule has 9 heteroatoms. The van der Waals surface area contributed by atoms with Gasteiger partial charge in [-0.3, -0.25) is 4.79 Å². The van der Waals surface area contributed by atoms with Crippen molar-refractivity contribution in [1.82, 2.24) is 9.97 Å². The van der Waals surface area contributed by atoms with Crippen molar-refractivity contribution in [3.8, 4) is 17.4 Å². The number of hydrogen-bond acceptors (Lipinski definition) is 5. The third-order valence-corrected chi connectivity index (χ3v) is 3.79. The Balaban J connectivity index is 1.73. The van der Waals surface area contributed by atoms with Gasteiger partial charge in [-0.1, -0.05) is 12.1 Å². The first-order valence-electron chi connectivity index (χ1n) is 8.41. The van der Waals surface area contributed by atoms with Gasteiger partial charge in [0.25, 0.3) is 5.91 Å². The van der Waals surface area contributed by atoms with E-state index in [-0.39, 0.29) is 23.4 Å². The molecule has 0 spiro atoms. The minimum Gasteiger partial charge on any atom is -0.496 e. The van der Waals surface area contributed by atoms with Crippen LogP contribution < -0.4 is 14.8 Å². The van der Waals surface area contributed by atoms with Crippen molar-refractivity contribution in [2.45, 2.75) is 13.1 Å². The summed E-state index contributed by atoms with van der Waals surface area (Å²) >= 11 is 0. The highest BCUT2D eigenvalue weighted by Crippen LogP contribution is 2.31. The molecule has 0 unspecified atom stereocenters. The largest absolute Gasteiger partial charge is 0.496 e. The van der Waals surface area contributed by atoms with E-state index in [9.17, 15) is 18.0 Å². The molecule has 2 aromatic carbocycles. The molecular formula is C20H16F3N3O3. The van der Waals surface area contributed by atoms with Gasteiger partial charge in [0.15, 0.2) is 5.69 Å². The van der Waals surface area contributed by atoms with Crippen LogP contribution in [0, 0.1) is 6.92 Å². The van der Waals surface area contributed by atoms with Crippen molar-refractivity contribution < 1.29 is 27.4 Å². The van der Waals surface area contributed by atoms with Crippen LogP contribution in [0.5, 0.6) is 17.4 Å². The minimum absolute atomic E-state index is 0.0597. The highest BCUT2D eigenvalue weighted by atomic mass is 19.4. The minimum atomic E-state index is -4.60. The fourth-order valence-corrected chi connectivity index (χ4v) is 2.50. The average Bonchev–Trinajstić information content (AvgIpc) is 2.68. The number of alkyl halides is 3. The fraction of sp³-hybridized carbons (Fsp3) is 0.150. The summed E-state index contributed by atoms with van der Waals surface area (Å²) in [6.45, 7) is 1.35. The monoisotopic (exact) mass is 403 g/mol. The van der Waals surface area contributed by atoms with E-state index in [1.54, 1.807) is 36.4 Å². The third kappa shape index (κ3) is 5.01. The quantitative estimate of drug-likeness (QED) is 0.659. The summed E-state index contributed by atoms with van der Waals surface area (Å²) in [6.07, 6.45) is -4.60. The van der Waals surface area contributed by atoms with Crippen LogP contribution in [0.3, 0.4) is 0 Å². The van der Waals surface area contributed by atoms with E-state index in [0.29, 0.717) is 17.0 Å². The molecular weight excluding hydrogens is 387 g/mol. The second-order valence-corrected chi connectivity index (χ2v) is 5.92. The Bertz CT molecular complexity index is 1020. The number of ether oxygens (including phenoxy) is 2. The van der Waals surface area contributed by atoms with E-state index >= 15 is 0 Å². The molecule has 6 nitrogen and oxygen atoms in total.